The predicted molar refractivity (Wildman–Crippen MR) is 70.3 cm³/mol. The minimum atomic E-state index is -0.167. The van der Waals surface area contributed by atoms with Crippen LogP contribution in [-0.2, 0) is 6.54 Å². The second kappa shape index (κ2) is 6.48. The Labute approximate surface area is 111 Å². The Morgan fingerprint density at radius 3 is 2.74 bits per heavy atom. The second-order valence-corrected chi connectivity index (χ2v) is 3.80. The Hall–Kier alpha value is -2.44. The summed E-state index contributed by atoms with van der Waals surface area (Å²) < 4.78 is 1.90. The van der Waals surface area contributed by atoms with Gasteiger partial charge in [0.05, 0.1) is 0 Å². The first-order valence-corrected chi connectivity index (χ1v) is 6.11. The minimum absolute atomic E-state index is 0.167. The number of urea groups is 1. The van der Waals surface area contributed by atoms with Gasteiger partial charge in [0.25, 0.3) is 0 Å². The smallest absolute Gasteiger partial charge is 0.314 e. The van der Waals surface area contributed by atoms with Crippen LogP contribution in [0.5, 0.6) is 0 Å². The number of rotatable bonds is 5. The van der Waals surface area contributed by atoms with Gasteiger partial charge >= 0.3 is 6.03 Å². The molecule has 0 radical (unpaired) electrons. The van der Waals surface area contributed by atoms with Gasteiger partial charge in [-0.25, -0.2) is 19.7 Å². The summed E-state index contributed by atoms with van der Waals surface area (Å²) in [7, 11) is 0. The number of nitrogens with one attached hydrogen (secondary N) is 2. The highest BCUT2D eigenvalue weighted by Crippen LogP contribution is 2.10. The van der Waals surface area contributed by atoms with Crippen LogP contribution in [0.2, 0.25) is 0 Å². The van der Waals surface area contributed by atoms with Crippen molar-refractivity contribution in [1.29, 1.82) is 0 Å². The summed E-state index contributed by atoms with van der Waals surface area (Å²) in [5.41, 5.74) is 0. The minimum Gasteiger partial charge on any atom is -0.338 e. The van der Waals surface area contributed by atoms with Crippen molar-refractivity contribution in [2.75, 3.05) is 13.1 Å². The third-order valence-corrected chi connectivity index (χ3v) is 2.46. The van der Waals surface area contributed by atoms with Crippen molar-refractivity contribution in [2.45, 2.75) is 13.5 Å². The maximum atomic E-state index is 11.3. The molecule has 2 aromatic heterocycles. The molecule has 7 heteroatoms. The molecule has 0 aliphatic carbocycles. The first-order chi connectivity index (χ1) is 9.31. The van der Waals surface area contributed by atoms with Crippen LogP contribution in [0.15, 0.2) is 30.9 Å². The van der Waals surface area contributed by atoms with E-state index in [0.29, 0.717) is 31.3 Å². The van der Waals surface area contributed by atoms with Crippen LogP contribution < -0.4 is 10.6 Å². The molecule has 2 N–H and O–H groups in total. The number of aromatic nitrogens is 4. The average Bonchev–Trinajstić information content (AvgIpc) is 2.88. The molecule has 0 fully saturated rings. The average molecular weight is 260 g/mol. The van der Waals surface area contributed by atoms with Crippen LogP contribution in [-0.4, -0.2) is 38.6 Å². The molecule has 2 amide bonds. The molecule has 0 aliphatic heterocycles. The molecule has 19 heavy (non-hydrogen) atoms. The van der Waals surface area contributed by atoms with E-state index in [4.69, 9.17) is 0 Å². The molecule has 2 aromatic rings. The van der Waals surface area contributed by atoms with Crippen LogP contribution in [0.25, 0.3) is 11.6 Å². The number of imidazole rings is 1. The third-order valence-electron chi connectivity index (χ3n) is 2.46. The zero-order valence-electron chi connectivity index (χ0n) is 10.7. The van der Waals surface area contributed by atoms with Crippen molar-refractivity contribution in [3.8, 4) is 11.6 Å². The van der Waals surface area contributed by atoms with Crippen LogP contribution in [0.1, 0.15) is 6.92 Å². The molecule has 0 saturated heterocycles. The fraction of sp³-hybridized carbons (Fsp3) is 0.333. The number of nitrogens with zero attached hydrogens (tertiary/aromatic N) is 4. The maximum Gasteiger partial charge on any atom is 0.314 e. The first kappa shape index (κ1) is 13.0. The van der Waals surface area contributed by atoms with Gasteiger partial charge in [-0.05, 0) is 13.0 Å². The Balaban J connectivity index is 1.95. The Morgan fingerprint density at radius 1 is 1.21 bits per heavy atom. The lowest BCUT2D eigenvalue weighted by Crippen LogP contribution is -2.36. The van der Waals surface area contributed by atoms with Gasteiger partial charge in [0.15, 0.2) is 11.6 Å². The van der Waals surface area contributed by atoms with Gasteiger partial charge in [0, 0.05) is 44.4 Å². The summed E-state index contributed by atoms with van der Waals surface area (Å²) in [6.45, 7) is 3.62. The van der Waals surface area contributed by atoms with Crippen LogP contribution >= 0.6 is 0 Å². The quantitative estimate of drug-likeness (QED) is 0.827. The number of carbonyl (C=O) groups excluding carboxylic acids is 1. The summed E-state index contributed by atoms with van der Waals surface area (Å²) in [4.78, 5) is 23.8. The van der Waals surface area contributed by atoms with E-state index in [2.05, 4.69) is 25.6 Å². The molecule has 100 valence electrons. The third kappa shape index (κ3) is 3.51. The summed E-state index contributed by atoms with van der Waals surface area (Å²) in [5, 5.41) is 5.43. The first-order valence-electron chi connectivity index (χ1n) is 6.11. The van der Waals surface area contributed by atoms with Gasteiger partial charge in [-0.2, -0.15) is 0 Å². The predicted octanol–water partition coefficient (Wildman–Crippen LogP) is 0.659. The number of hydrogen-bond donors (Lipinski definition) is 2. The van der Waals surface area contributed by atoms with E-state index >= 15 is 0 Å². The molecule has 0 spiro atoms. The Morgan fingerprint density at radius 2 is 2.00 bits per heavy atom. The van der Waals surface area contributed by atoms with Crippen molar-refractivity contribution in [3.63, 3.8) is 0 Å². The largest absolute Gasteiger partial charge is 0.338 e. The maximum absolute atomic E-state index is 11.3. The van der Waals surface area contributed by atoms with Crippen LogP contribution in [0.4, 0.5) is 4.79 Å². The van der Waals surface area contributed by atoms with Crippen molar-refractivity contribution < 1.29 is 4.79 Å². The molecule has 2 rings (SSSR count). The van der Waals surface area contributed by atoms with E-state index in [9.17, 15) is 4.79 Å². The van der Waals surface area contributed by atoms with Gasteiger partial charge in [0.2, 0.25) is 0 Å². The summed E-state index contributed by atoms with van der Waals surface area (Å²) >= 11 is 0. The van der Waals surface area contributed by atoms with E-state index in [0.717, 1.165) is 0 Å². The highest BCUT2D eigenvalue weighted by Gasteiger charge is 2.08. The van der Waals surface area contributed by atoms with E-state index in [1.165, 1.54) is 0 Å². The van der Waals surface area contributed by atoms with E-state index in [-0.39, 0.29) is 6.03 Å². The lowest BCUT2D eigenvalue weighted by molar-refractivity contribution is 0.241. The van der Waals surface area contributed by atoms with Crippen molar-refractivity contribution in [2.24, 2.45) is 0 Å². The number of amides is 2. The molecule has 0 atom stereocenters. The second-order valence-electron chi connectivity index (χ2n) is 3.80. The molecule has 0 aliphatic rings. The van der Waals surface area contributed by atoms with Gasteiger partial charge in [0.1, 0.15) is 0 Å². The zero-order valence-corrected chi connectivity index (χ0v) is 10.7. The van der Waals surface area contributed by atoms with Gasteiger partial charge in [-0.15, -0.1) is 0 Å². The lowest BCUT2D eigenvalue weighted by atomic mass is 10.5. The lowest BCUT2D eigenvalue weighted by Gasteiger charge is -2.08. The zero-order chi connectivity index (χ0) is 13.5. The monoisotopic (exact) mass is 260 g/mol. The molecular weight excluding hydrogens is 244 g/mol. The summed E-state index contributed by atoms with van der Waals surface area (Å²) in [5.74, 6) is 1.27. The highest BCUT2D eigenvalue weighted by atomic mass is 16.2. The molecule has 2 heterocycles. The van der Waals surface area contributed by atoms with Gasteiger partial charge in [-0.1, -0.05) is 0 Å². The number of carbonyl (C=O) groups is 1. The van der Waals surface area contributed by atoms with Crippen LogP contribution in [0, 0.1) is 0 Å². The van der Waals surface area contributed by atoms with Crippen molar-refractivity contribution in [3.05, 3.63) is 30.9 Å². The molecule has 7 nitrogen and oxygen atoms in total. The fourth-order valence-corrected chi connectivity index (χ4v) is 1.62. The molecule has 0 saturated carbocycles. The standard InChI is InChI=1S/C12H16N6O/c1-2-13-12(19)17-7-9-18-8-6-16-11(18)10-14-4-3-5-15-10/h3-6,8H,2,7,9H2,1H3,(H2,13,17,19). The topological polar surface area (TPSA) is 84.7 Å². The Bertz CT molecular complexity index is 524. The molecule has 0 aromatic carbocycles. The fourth-order valence-electron chi connectivity index (χ4n) is 1.62. The molecule has 0 bridgehead atoms. The van der Waals surface area contributed by atoms with Crippen molar-refractivity contribution >= 4 is 6.03 Å². The van der Waals surface area contributed by atoms with E-state index in [1.54, 1.807) is 24.7 Å². The molecule has 0 unspecified atom stereocenters. The summed E-state index contributed by atoms with van der Waals surface area (Å²) in [6, 6.07) is 1.59. The Kier molecular flexibility index (Phi) is 4.44. The van der Waals surface area contributed by atoms with Crippen LogP contribution in [0.3, 0.4) is 0 Å². The summed E-state index contributed by atoms with van der Waals surface area (Å²) in [6.07, 6.45) is 6.88. The van der Waals surface area contributed by atoms with E-state index in [1.807, 2.05) is 17.7 Å². The van der Waals surface area contributed by atoms with Gasteiger partial charge in [-0.3, -0.25) is 0 Å². The normalized spacial score (nSPS) is 10.2. The number of hydrogen-bond acceptors (Lipinski definition) is 4. The SMILES string of the molecule is CCNC(=O)NCCn1ccnc1-c1ncccn1. The highest BCUT2D eigenvalue weighted by molar-refractivity contribution is 5.73. The van der Waals surface area contributed by atoms with E-state index < -0.39 is 0 Å². The van der Waals surface area contributed by atoms with Gasteiger partial charge < -0.3 is 15.2 Å². The molecular formula is C12H16N6O. The van der Waals surface area contributed by atoms with Crippen molar-refractivity contribution in [1.82, 2.24) is 30.2 Å².